The summed E-state index contributed by atoms with van der Waals surface area (Å²) in [5.74, 6) is 0.392. The van der Waals surface area contributed by atoms with Crippen LogP contribution in [-0.4, -0.2) is 59.8 Å². The van der Waals surface area contributed by atoms with Gasteiger partial charge >= 0.3 is 0 Å². The number of carbonyl (C=O) groups excluding carboxylic acids is 1. The lowest BCUT2D eigenvalue weighted by Crippen LogP contribution is -3.00. The molecule has 28 heavy (non-hydrogen) atoms. The minimum absolute atomic E-state index is 0. The number of allylic oxidation sites excluding steroid dienone is 3. The van der Waals surface area contributed by atoms with Gasteiger partial charge in [0.2, 0.25) is 5.78 Å². The highest BCUT2D eigenvalue weighted by Gasteiger charge is 2.23. The highest BCUT2D eigenvalue weighted by molar-refractivity contribution is 6.49. The molecule has 0 radical (unpaired) electrons. The molecule has 9 heteroatoms. The van der Waals surface area contributed by atoms with Gasteiger partial charge in [-0.25, -0.2) is 9.51 Å². The molecule has 1 aliphatic rings. The number of aromatic nitrogens is 2. The number of halogens is 2. The second-order valence-electron chi connectivity index (χ2n) is 7.55. The highest BCUT2D eigenvalue weighted by atomic mass is 35.5. The van der Waals surface area contributed by atoms with Crippen LogP contribution < -0.4 is 23.5 Å². The fourth-order valence-electron chi connectivity index (χ4n) is 2.69. The average molecular weight is 423 g/mol. The molecule has 3 N–H and O–H groups in total. The zero-order valence-corrected chi connectivity index (χ0v) is 17.8. The van der Waals surface area contributed by atoms with Crippen molar-refractivity contribution in [2.75, 3.05) is 39.5 Å². The number of ketones is 1. The summed E-state index contributed by atoms with van der Waals surface area (Å²) in [6, 6.07) is 5.76. The third-order valence-electron chi connectivity index (χ3n) is 4.24. The van der Waals surface area contributed by atoms with Crippen molar-refractivity contribution in [3.05, 3.63) is 46.8 Å². The van der Waals surface area contributed by atoms with E-state index in [1.54, 1.807) is 17.5 Å². The van der Waals surface area contributed by atoms with Crippen LogP contribution >= 0.6 is 11.6 Å². The molecule has 0 spiro atoms. The maximum atomic E-state index is 12.0. The number of likely N-dealkylation sites (N-methyl/N-ethyl adjacent to an activating group) is 1. The van der Waals surface area contributed by atoms with Crippen molar-refractivity contribution >= 4 is 40.1 Å². The monoisotopic (exact) mass is 422 g/mol. The lowest BCUT2D eigenvalue weighted by atomic mass is 10.0. The number of quaternary nitrogens is 1. The van der Waals surface area contributed by atoms with E-state index in [0.717, 1.165) is 23.1 Å². The van der Waals surface area contributed by atoms with E-state index in [-0.39, 0.29) is 28.9 Å². The zero-order chi connectivity index (χ0) is 19.8. The molecule has 0 saturated heterocycles. The lowest BCUT2D eigenvalue weighted by Gasteiger charge is -2.23. The summed E-state index contributed by atoms with van der Waals surface area (Å²) in [6.07, 6.45) is 3.52. The quantitative estimate of drug-likeness (QED) is 0.500. The highest BCUT2D eigenvalue weighted by Crippen LogP contribution is 2.31. The van der Waals surface area contributed by atoms with Gasteiger partial charge < -0.3 is 27.9 Å². The van der Waals surface area contributed by atoms with Crippen molar-refractivity contribution in [2.45, 2.75) is 6.92 Å². The van der Waals surface area contributed by atoms with Crippen molar-refractivity contribution in [2.24, 2.45) is 10.7 Å². The van der Waals surface area contributed by atoms with Crippen molar-refractivity contribution in [3.8, 4) is 0 Å². The van der Waals surface area contributed by atoms with Gasteiger partial charge in [-0.2, -0.15) is 0 Å². The summed E-state index contributed by atoms with van der Waals surface area (Å²) < 4.78 is 2.60. The van der Waals surface area contributed by atoms with Crippen LogP contribution in [-0.2, 0) is 4.79 Å². The Bertz CT molecular complexity index is 998. The van der Waals surface area contributed by atoms with Gasteiger partial charge in [-0.1, -0.05) is 17.7 Å². The van der Waals surface area contributed by atoms with Crippen molar-refractivity contribution in [1.82, 2.24) is 9.61 Å². The van der Waals surface area contributed by atoms with E-state index < -0.39 is 0 Å². The van der Waals surface area contributed by atoms with Crippen LogP contribution in [0.3, 0.4) is 0 Å². The summed E-state index contributed by atoms with van der Waals surface area (Å²) in [7, 11) is 6.39. The number of aliphatic imine (C=N–C) groups is 1. The smallest absolute Gasteiger partial charge is 0.202 e. The molecule has 0 unspecified atom stereocenters. The molecule has 2 aromatic heterocycles. The molecule has 3 rings (SSSR count). The summed E-state index contributed by atoms with van der Waals surface area (Å²) >= 11 is 6.08. The molecular formula is C19H24Cl2N6O. The van der Waals surface area contributed by atoms with Crippen molar-refractivity contribution < 1.29 is 21.7 Å². The van der Waals surface area contributed by atoms with Crippen LogP contribution in [0.2, 0.25) is 0 Å². The molecule has 0 saturated carbocycles. The first kappa shape index (κ1) is 21.9. The molecule has 0 atom stereocenters. The van der Waals surface area contributed by atoms with E-state index in [1.807, 2.05) is 24.4 Å². The number of anilines is 1. The van der Waals surface area contributed by atoms with E-state index in [9.17, 15) is 4.79 Å². The molecule has 7 nitrogen and oxygen atoms in total. The van der Waals surface area contributed by atoms with Crippen molar-refractivity contribution in [3.63, 3.8) is 0 Å². The first-order valence-corrected chi connectivity index (χ1v) is 9.04. The van der Waals surface area contributed by atoms with Crippen LogP contribution in [0.5, 0.6) is 0 Å². The largest absolute Gasteiger partial charge is 1.00 e. The molecule has 150 valence electrons. The second-order valence-corrected chi connectivity index (χ2v) is 7.93. The van der Waals surface area contributed by atoms with Gasteiger partial charge in [0.05, 0.1) is 51.2 Å². The van der Waals surface area contributed by atoms with Gasteiger partial charge in [0, 0.05) is 11.8 Å². The van der Waals surface area contributed by atoms with Gasteiger partial charge in [-0.05, 0) is 25.1 Å². The average Bonchev–Trinajstić information content (AvgIpc) is 2.94. The Morgan fingerprint density at radius 1 is 1.32 bits per heavy atom. The molecule has 0 aromatic carbocycles. The Kier molecular flexibility index (Phi) is 6.54. The molecule has 0 fully saturated rings. The SMILES string of the molecule is CC1=CC(=Nc2c(NCC[N+](C)(C)C)nn3ccccc23)C(N)=C(Cl)C1=O.[Cl-]. The third kappa shape index (κ3) is 4.55. The lowest BCUT2D eigenvalue weighted by molar-refractivity contribution is -0.868. The molecular weight excluding hydrogens is 399 g/mol. The molecule has 0 amide bonds. The van der Waals surface area contributed by atoms with Crippen LogP contribution in [0.1, 0.15) is 6.92 Å². The van der Waals surface area contributed by atoms with Gasteiger partial charge in [0.1, 0.15) is 10.7 Å². The number of carbonyl (C=O) groups is 1. The number of pyridine rings is 1. The number of nitrogens with one attached hydrogen (secondary N) is 1. The molecule has 2 heterocycles. The van der Waals surface area contributed by atoms with E-state index >= 15 is 0 Å². The summed E-state index contributed by atoms with van der Waals surface area (Å²) in [4.78, 5) is 16.7. The van der Waals surface area contributed by atoms with E-state index in [2.05, 4.69) is 31.6 Å². The first-order valence-electron chi connectivity index (χ1n) is 8.66. The molecule has 1 aliphatic carbocycles. The summed E-state index contributed by atoms with van der Waals surface area (Å²) in [5, 5.41) is 7.96. The Labute approximate surface area is 175 Å². The van der Waals surface area contributed by atoms with E-state index in [4.69, 9.17) is 22.3 Å². The van der Waals surface area contributed by atoms with Crippen LogP contribution in [0.15, 0.2) is 51.8 Å². The van der Waals surface area contributed by atoms with Crippen LogP contribution in [0.4, 0.5) is 11.5 Å². The van der Waals surface area contributed by atoms with Crippen LogP contribution in [0.25, 0.3) is 5.52 Å². The van der Waals surface area contributed by atoms with Gasteiger partial charge in [-0.3, -0.25) is 4.79 Å². The number of hydrogen-bond donors (Lipinski definition) is 2. The number of Topliss-reactive ketones (excluding diaryl/α,β-unsaturated/α-hetero) is 1. The number of rotatable bonds is 5. The Morgan fingerprint density at radius 2 is 2.04 bits per heavy atom. The maximum Gasteiger partial charge on any atom is 0.202 e. The predicted octanol–water partition coefficient (Wildman–Crippen LogP) is -0.533. The molecule has 0 bridgehead atoms. The second kappa shape index (κ2) is 8.34. The number of fused-ring (bicyclic) bond motifs is 1. The van der Waals surface area contributed by atoms with Gasteiger partial charge in [0.25, 0.3) is 0 Å². The number of hydrogen-bond acceptors (Lipinski definition) is 5. The number of nitrogens with zero attached hydrogens (tertiary/aromatic N) is 4. The number of nitrogens with two attached hydrogens (primary N) is 1. The minimum Gasteiger partial charge on any atom is -1.00 e. The van der Waals surface area contributed by atoms with Gasteiger partial charge in [-0.15, -0.1) is 5.10 Å². The normalized spacial score (nSPS) is 16.4. The molecule has 2 aromatic rings. The summed E-state index contributed by atoms with van der Waals surface area (Å²) in [6.45, 7) is 3.36. The molecule has 0 aliphatic heterocycles. The predicted molar refractivity (Wildman–Crippen MR) is 110 cm³/mol. The Hall–Kier alpha value is -2.35. The maximum absolute atomic E-state index is 12.0. The van der Waals surface area contributed by atoms with Gasteiger partial charge in [0.15, 0.2) is 5.82 Å². The van der Waals surface area contributed by atoms with Crippen LogP contribution in [0, 0.1) is 0 Å². The Balaban J connectivity index is 0.00000280. The minimum atomic E-state index is -0.269. The third-order valence-corrected chi connectivity index (χ3v) is 4.62. The van der Waals surface area contributed by atoms with E-state index in [1.165, 1.54) is 0 Å². The first-order chi connectivity index (χ1) is 12.7. The fourth-order valence-corrected chi connectivity index (χ4v) is 2.94. The topological polar surface area (TPSA) is 84.8 Å². The Morgan fingerprint density at radius 3 is 2.71 bits per heavy atom. The van der Waals surface area contributed by atoms with Crippen molar-refractivity contribution in [1.29, 1.82) is 0 Å². The zero-order valence-electron chi connectivity index (χ0n) is 16.3. The standard InChI is InChI=1S/C19H23ClN6O.ClH/c1-12-11-13(16(21)15(20)18(12)27)23-17-14-7-5-6-9-25(14)24-19(17)22-8-10-26(2,3)4;/h5-7,9,11H,8,10H2,1-4H3,(H2-,21,22,24,27);1H. The van der Waals surface area contributed by atoms with E-state index in [0.29, 0.717) is 22.8 Å². The summed E-state index contributed by atoms with van der Waals surface area (Å²) in [5.41, 5.74) is 8.69. The fraction of sp³-hybridized carbons (Fsp3) is 0.316.